The molecule has 0 amide bonds. The Balaban J connectivity index is 0.00000200. The third kappa shape index (κ3) is 4.85. The van der Waals surface area contributed by atoms with Gasteiger partial charge in [0, 0.05) is 19.4 Å². The van der Waals surface area contributed by atoms with Crippen LogP contribution in [0.1, 0.15) is 56.9 Å². The molecule has 0 fully saturated rings. The fourth-order valence-corrected chi connectivity index (χ4v) is 3.70. The van der Waals surface area contributed by atoms with Crippen LogP contribution in [0, 0.1) is 6.92 Å². The molecule has 1 aromatic carbocycles. The molecule has 1 nitrogen and oxygen atoms in total. The summed E-state index contributed by atoms with van der Waals surface area (Å²) in [4.78, 5) is 0. The lowest BCUT2D eigenvalue weighted by Crippen LogP contribution is -3.00. The fourth-order valence-electron chi connectivity index (χ4n) is 2.66. The van der Waals surface area contributed by atoms with Gasteiger partial charge in [0.05, 0.1) is 0 Å². The van der Waals surface area contributed by atoms with Crippen LogP contribution in [0.15, 0.2) is 24.3 Å². The number of unbranched alkanes of at least 4 members (excludes halogenated alkanes) is 6. The van der Waals surface area contributed by atoms with E-state index in [1.165, 1.54) is 66.7 Å². The Labute approximate surface area is 137 Å². The van der Waals surface area contributed by atoms with E-state index in [1.54, 1.807) is 0 Å². The molecule has 0 saturated carbocycles. The minimum Gasteiger partial charge on any atom is -1.00 e. The van der Waals surface area contributed by atoms with Gasteiger partial charge >= 0.3 is 0 Å². The van der Waals surface area contributed by atoms with Crippen molar-refractivity contribution in [2.45, 2.75) is 65.3 Å². The Morgan fingerprint density at radius 2 is 1.60 bits per heavy atom. The van der Waals surface area contributed by atoms with Crippen LogP contribution in [0.3, 0.4) is 0 Å². The molecule has 1 aromatic heterocycles. The Morgan fingerprint density at radius 1 is 0.950 bits per heavy atom. The number of rotatable bonds is 8. The van der Waals surface area contributed by atoms with Crippen LogP contribution in [0.5, 0.6) is 0 Å². The fraction of sp³-hybridized carbons (Fsp3) is 0.588. The standard InChI is InChI=1S/C17H26NS.BrH/c1-3-4-5-6-7-8-11-14-18-15(2)19-17-13-10-9-12-16(17)18;/h9-10,12-13H,3-8,11,14H2,1-2H3;1H/q+1;/p-1. The number of benzene rings is 1. The lowest BCUT2D eigenvalue weighted by atomic mass is 10.1. The topological polar surface area (TPSA) is 3.88 Å². The molecule has 0 aliphatic heterocycles. The van der Waals surface area contributed by atoms with Gasteiger partial charge in [-0.2, -0.15) is 4.57 Å². The number of aromatic nitrogens is 1. The van der Waals surface area contributed by atoms with Gasteiger partial charge in [0.15, 0.2) is 0 Å². The Kier molecular flexibility index (Phi) is 8.39. The highest BCUT2D eigenvalue weighted by Gasteiger charge is 2.15. The number of hydrogen-bond donors (Lipinski definition) is 0. The van der Waals surface area contributed by atoms with Gasteiger partial charge in [0.1, 0.15) is 11.2 Å². The first-order valence-corrected chi connectivity index (χ1v) is 8.52. The lowest BCUT2D eigenvalue weighted by Gasteiger charge is -1.99. The van der Waals surface area contributed by atoms with Gasteiger partial charge in [0.25, 0.3) is 0 Å². The van der Waals surface area contributed by atoms with Crippen molar-refractivity contribution in [3.05, 3.63) is 29.3 Å². The summed E-state index contributed by atoms with van der Waals surface area (Å²) in [5.41, 5.74) is 1.41. The highest BCUT2D eigenvalue weighted by molar-refractivity contribution is 7.18. The molecular weight excluding hydrogens is 330 g/mol. The molecule has 0 aliphatic carbocycles. The van der Waals surface area contributed by atoms with Crippen molar-refractivity contribution in [1.29, 1.82) is 0 Å². The summed E-state index contributed by atoms with van der Waals surface area (Å²) >= 11 is 1.92. The van der Waals surface area contributed by atoms with E-state index in [2.05, 4.69) is 42.7 Å². The first kappa shape index (κ1) is 17.6. The van der Waals surface area contributed by atoms with Crippen LogP contribution >= 0.6 is 11.3 Å². The molecule has 0 saturated heterocycles. The van der Waals surface area contributed by atoms with E-state index in [4.69, 9.17) is 0 Å². The number of para-hydroxylation sites is 1. The summed E-state index contributed by atoms with van der Waals surface area (Å²) in [5, 5.41) is 1.44. The highest BCUT2D eigenvalue weighted by atomic mass is 79.9. The number of nitrogens with zero attached hydrogens (tertiary/aromatic N) is 1. The number of thiazole rings is 1. The monoisotopic (exact) mass is 355 g/mol. The van der Waals surface area contributed by atoms with Crippen molar-refractivity contribution < 1.29 is 21.5 Å². The second-order valence-electron chi connectivity index (χ2n) is 5.36. The lowest BCUT2D eigenvalue weighted by molar-refractivity contribution is -0.673. The van der Waals surface area contributed by atoms with Crippen LogP contribution in [-0.2, 0) is 6.54 Å². The molecule has 0 N–H and O–H groups in total. The largest absolute Gasteiger partial charge is 1.00 e. The average molecular weight is 356 g/mol. The van der Waals surface area contributed by atoms with Crippen LogP contribution in [0.4, 0.5) is 0 Å². The van der Waals surface area contributed by atoms with Crippen molar-refractivity contribution in [2.24, 2.45) is 0 Å². The maximum absolute atomic E-state index is 2.49. The van der Waals surface area contributed by atoms with Crippen LogP contribution in [0.25, 0.3) is 10.2 Å². The van der Waals surface area contributed by atoms with Gasteiger partial charge in [-0.15, -0.1) is 0 Å². The van der Waals surface area contributed by atoms with Crippen molar-refractivity contribution in [3.63, 3.8) is 0 Å². The Morgan fingerprint density at radius 3 is 2.35 bits per heavy atom. The van der Waals surface area contributed by atoms with Gasteiger partial charge in [-0.3, -0.25) is 0 Å². The van der Waals surface area contributed by atoms with Crippen LogP contribution in [-0.4, -0.2) is 0 Å². The molecule has 112 valence electrons. The SMILES string of the molecule is CCCCCCCCC[n+]1c(C)sc2ccccc21.[Br-]. The minimum absolute atomic E-state index is 0. The predicted octanol–water partition coefficient (Wildman–Crippen LogP) is 2.25. The number of aryl methyl sites for hydroxylation is 2. The zero-order chi connectivity index (χ0) is 13.5. The molecule has 2 aromatic rings. The van der Waals surface area contributed by atoms with Gasteiger partial charge in [-0.05, 0) is 12.5 Å². The zero-order valence-electron chi connectivity index (χ0n) is 12.7. The minimum atomic E-state index is 0. The second-order valence-corrected chi connectivity index (χ2v) is 6.60. The number of fused-ring (bicyclic) bond motifs is 1. The van der Waals surface area contributed by atoms with Gasteiger partial charge in [0.2, 0.25) is 10.5 Å². The van der Waals surface area contributed by atoms with Crippen molar-refractivity contribution in [1.82, 2.24) is 0 Å². The molecular formula is C17H26BrNS. The van der Waals surface area contributed by atoms with Gasteiger partial charge in [-0.1, -0.05) is 62.5 Å². The normalized spacial score (nSPS) is 10.7. The summed E-state index contributed by atoms with van der Waals surface area (Å²) in [6.07, 6.45) is 9.69. The Bertz CT molecular complexity index is 507. The van der Waals surface area contributed by atoms with Crippen molar-refractivity contribution in [3.8, 4) is 0 Å². The van der Waals surface area contributed by atoms with Gasteiger partial charge in [-0.25, -0.2) is 0 Å². The van der Waals surface area contributed by atoms with Crippen molar-refractivity contribution in [2.75, 3.05) is 0 Å². The molecule has 1 heterocycles. The third-order valence-corrected chi connectivity index (χ3v) is 4.86. The van der Waals surface area contributed by atoms with E-state index in [1.807, 2.05) is 11.3 Å². The summed E-state index contributed by atoms with van der Waals surface area (Å²) in [6, 6.07) is 8.76. The van der Waals surface area contributed by atoms with E-state index in [-0.39, 0.29) is 17.0 Å². The molecule has 0 radical (unpaired) electrons. The van der Waals surface area contributed by atoms with Crippen LogP contribution < -0.4 is 21.5 Å². The second kappa shape index (κ2) is 9.51. The first-order valence-electron chi connectivity index (χ1n) is 7.71. The molecule has 3 heteroatoms. The molecule has 0 bridgehead atoms. The van der Waals surface area contributed by atoms with Crippen molar-refractivity contribution >= 4 is 21.6 Å². The molecule has 20 heavy (non-hydrogen) atoms. The number of hydrogen-bond acceptors (Lipinski definition) is 1. The Hall–Kier alpha value is -0.410. The molecule has 0 atom stereocenters. The molecule has 0 spiro atoms. The van der Waals surface area contributed by atoms with Crippen LogP contribution in [0.2, 0.25) is 0 Å². The van der Waals surface area contributed by atoms with E-state index in [9.17, 15) is 0 Å². The molecule has 2 rings (SSSR count). The quantitative estimate of drug-likeness (QED) is 0.505. The first-order chi connectivity index (χ1) is 9.33. The van der Waals surface area contributed by atoms with E-state index in [0.717, 1.165) is 0 Å². The maximum Gasteiger partial charge on any atom is 0.235 e. The summed E-state index contributed by atoms with van der Waals surface area (Å²) < 4.78 is 3.91. The molecule has 0 aliphatic rings. The van der Waals surface area contributed by atoms with E-state index >= 15 is 0 Å². The maximum atomic E-state index is 2.49. The average Bonchev–Trinajstić information content (AvgIpc) is 2.74. The van der Waals surface area contributed by atoms with E-state index in [0.29, 0.717) is 0 Å². The third-order valence-electron chi connectivity index (χ3n) is 3.78. The van der Waals surface area contributed by atoms with Gasteiger partial charge < -0.3 is 17.0 Å². The predicted molar refractivity (Wildman–Crippen MR) is 84.8 cm³/mol. The number of halogens is 1. The summed E-state index contributed by atoms with van der Waals surface area (Å²) in [6.45, 7) is 5.70. The highest BCUT2D eigenvalue weighted by Crippen LogP contribution is 2.19. The summed E-state index contributed by atoms with van der Waals surface area (Å²) in [7, 11) is 0. The van der Waals surface area contributed by atoms with E-state index < -0.39 is 0 Å². The summed E-state index contributed by atoms with van der Waals surface area (Å²) in [5.74, 6) is 0. The molecule has 0 unspecified atom stereocenters. The zero-order valence-corrected chi connectivity index (χ0v) is 15.1. The smallest absolute Gasteiger partial charge is 0.235 e.